The van der Waals surface area contributed by atoms with Gasteiger partial charge in [-0.3, -0.25) is 0 Å². The van der Waals surface area contributed by atoms with Crippen LogP contribution in [0.2, 0.25) is 0 Å². The second-order valence-electron chi connectivity index (χ2n) is 13.9. The monoisotopic (exact) mass is 703 g/mol. The third kappa shape index (κ3) is 5.03. The van der Waals surface area contributed by atoms with Crippen LogP contribution in [-0.4, -0.2) is 9.55 Å². The highest BCUT2D eigenvalue weighted by atomic mass is 16.3. The van der Waals surface area contributed by atoms with E-state index in [1.54, 1.807) is 0 Å². The molecule has 0 saturated carbocycles. The average Bonchev–Trinajstić information content (AvgIpc) is 3.85. The van der Waals surface area contributed by atoms with E-state index in [1.807, 2.05) is 30.3 Å². The fraction of sp³-hybridized carbons (Fsp3) is 0. The van der Waals surface area contributed by atoms with Gasteiger partial charge in [-0.1, -0.05) is 121 Å². The molecular formula is C51H33N3O. The minimum Gasteiger partial charge on any atom is -0.435 e. The summed E-state index contributed by atoms with van der Waals surface area (Å²) in [6.07, 6.45) is 0. The molecule has 258 valence electrons. The number of hydrogen-bond donors (Lipinski definition) is 0. The van der Waals surface area contributed by atoms with Gasteiger partial charge in [-0.25, -0.2) is 4.98 Å². The summed E-state index contributed by atoms with van der Waals surface area (Å²) >= 11 is 0. The highest BCUT2D eigenvalue weighted by molar-refractivity contribution is 6.23. The number of fused-ring (bicyclic) bond motifs is 8. The Labute approximate surface area is 317 Å². The quantitative estimate of drug-likeness (QED) is 0.162. The Morgan fingerprint density at radius 2 is 1.11 bits per heavy atom. The van der Waals surface area contributed by atoms with E-state index in [-0.39, 0.29) is 0 Å². The Kier molecular flexibility index (Phi) is 7.14. The number of aromatic nitrogens is 2. The lowest BCUT2D eigenvalue weighted by atomic mass is 9.92. The molecule has 9 aromatic carbocycles. The lowest BCUT2D eigenvalue weighted by Crippen LogP contribution is -2.10. The van der Waals surface area contributed by atoms with Gasteiger partial charge < -0.3 is 13.9 Å². The van der Waals surface area contributed by atoms with E-state index in [9.17, 15) is 0 Å². The van der Waals surface area contributed by atoms with E-state index in [4.69, 9.17) is 9.40 Å². The minimum absolute atomic E-state index is 0.621. The Morgan fingerprint density at radius 3 is 1.89 bits per heavy atom. The minimum atomic E-state index is 0.621. The van der Waals surface area contributed by atoms with Crippen molar-refractivity contribution in [2.24, 2.45) is 0 Å². The van der Waals surface area contributed by atoms with E-state index < -0.39 is 0 Å². The van der Waals surface area contributed by atoms with Crippen LogP contribution >= 0.6 is 0 Å². The Bertz CT molecular complexity index is 3190. The summed E-state index contributed by atoms with van der Waals surface area (Å²) in [4.78, 5) is 7.37. The first-order valence-corrected chi connectivity index (χ1v) is 18.6. The molecule has 11 rings (SSSR count). The molecule has 0 radical (unpaired) electrons. The maximum absolute atomic E-state index is 6.69. The zero-order valence-corrected chi connectivity index (χ0v) is 29.8. The molecule has 11 aromatic rings. The first kappa shape index (κ1) is 31.1. The van der Waals surface area contributed by atoms with Crippen LogP contribution in [0, 0.1) is 0 Å². The predicted octanol–water partition coefficient (Wildman–Crippen LogP) is 14.0. The van der Waals surface area contributed by atoms with Crippen LogP contribution in [-0.2, 0) is 0 Å². The Hall–Kier alpha value is -7.43. The van der Waals surface area contributed by atoms with Crippen molar-refractivity contribution in [2.75, 3.05) is 4.90 Å². The Balaban J connectivity index is 1.20. The molecule has 0 fully saturated rings. The van der Waals surface area contributed by atoms with Gasteiger partial charge in [0.1, 0.15) is 5.52 Å². The molecule has 0 N–H and O–H groups in total. The van der Waals surface area contributed by atoms with Gasteiger partial charge in [0.25, 0.3) is 0 Å². The van der Waals surface area contributed by atoms with Gasteiger partial charge >= 0.3 is 0 Å². The highest BCUT2D eigenvalue weighted by Crippen LogP contribution is 2.46. The van der Waals surface area contributed by atoms with Crippen LogP contribution < -0.4 is 4.90 Å². The zero-order valence-electron chi connectivity index (χ0n) is 29.8. The number of benzene rings is 9. The number of rotatable bonds is 6. The number of para-hydroxylation sites is 3. The molecule has 0 aliphatic heterocycles. The summed E-state index contributed by atoms with van der Waals surface area (Å²) in [5, 5.41) is 6.84. The average molecular weight is 704 g/mol. The summed E-state index contributed by atoms with van der Waals surface area (Å²) < 4.78 is 9.06. The molecule has 4 heteroatoms. The molecule has 0 aliphatic carbocycles. The topological polar surface area (TPSA) is 34.2 Å². The molecule has 0 atom stereocenters. The lowest BCUT2D eigenvalue weighted by Gasteiger charge is -2.27. The van der Waals surface area contributed by atoms with Gasteiger partial charge in [-0.05, 0) is 106 Å². The highest BCUT2D eigenvalue weighted by Gasteiger charge is 2.22. The van der Waals surface area contributed by atoms with Crippen LogP contribution in [0.15, 0.2) is 205 Å². The number of oxazole rings is 1. The van der Waals surface area contributed by atoms with Crippen LogP contribution in [0.5, 0.6) is 0 Å². The molecule has 0 bridgehead atoms. The van der Waals surface area contributed by atoms with Crippen molar-refractivity contribution in [1.82, 2.24) is 9.55 Å². The van der Waals surface area contributed by atoms with Crippen molar-refractivity contribution in [3.63, 3.8) is 0 Å². The maximum Gasteiger partial charge on any atom is 0.227 e. The molecule has 0 saturated heterocycles. The third-order valence-electron chi connectivity index (χ3n) is 10.8. The first-order chi connectivity index (χ1) is 27.3. The van der Waals surface area contributed by atoms with E-state index in [0.717, 1.165) is 77.6 Å². The molecule has 4 nitrogen and oxygen atoms in total. The number of hydrogen-bond acceptors (Lipinski definition) is 3. The SMILES string of the molecule is c1ccc(-c2nc3ccc4c(-c5ccccc5)cc5cc(N(c6ccccc6)c6cccc7c6c6ccccc6n7-c6ccccc6)ccc5c4c3o2)cc1. The summed E-state index contributed by atoms with van der Waals surface area (Å²) in [5.74, 6) is 0.621. The molecule has 2 aromatic heterocycles. The second-order valence-corrected chi connectivity index (χ2v) is 13.9. The van der Waals surface area contributed by atoms with Crippen LogP contribution in [0.3, 0.4) is 0 Å². The fourth-order valence-corrected chi connectivity index (χ4v) is 8.36. The molecule has 55 heavy (non-hydrogen) atoms. The normalized spacial score (nSPS) is 11.6. The van der Waals surface area contributed by atoms with E-state index in [0.29, 0.717) is 5.89 Å². The smallest absolute Gasteiger partial charge is 0.227 e. The van der Waals surface area contributed by atoms with Crippen molar-refractivity contribution in [3.05, 3.63) is 200 Å². The van der Waals surface area contributed by atoms with Crippen LogP contribution in [0.1, 0.15) is 0 Å². The summed E-state index contributed by atoms with van der Waals surface area (Å²) in [6.45, 7) is 0. The molecule has 0 amide bonds. The van der Waals surface area contributed by atoms with Crippen molar-refractivity contribution in [2.45, 2.75) is 0 Å². The van der Waals surface area contributed by atoms with Crippen molar-refractivity contribution >= 4 is 71.5 Å². The van der Waals surface area contributed by atoms with E-state index >= 15 is 0 Å². The molecular weight excluding hydrogens is 671 g/mol. The summed E-state index contributed by atoms with van der Waals surface area (Å²) in [5.41, 5.74) is 11.6. The maximum atomic E-state index is 6.69. The predicted molar refractivity (Wildman–Crippen MR) is 229 cm³/mol. The summed E-state index contributed by atoms with van der Waals surface area (Å²) in [7, 11) is 0. The van der Waals surface area contributed by atoms with Crippen molar-refractivity contribution in [1.29, 1.82) is 0 Å². The van der Waals surface area contributed by atoms with Crippen molar-refractivity contribution in [3.8, 4) is 28.3 Å². The van der Waals surface area contributed by atoms with E-state index in [2.05, 4.69) is 179 Å². The standard InChI is InChI=1S/C51H33N3O/c1-5-16-34(17-6-1)43-33-36-32-39(28-29-40(36)48-41(43)30-31-44-50(48)55-51(52-44)35-18-7-2-8-19-35)53(37-20-9-3-10-21-37)46-26-15-27-47-49(46)42-24-13-14-25-45(42)54(47)38-22-11-4-12-23-38/h1-33H. The summed E-state index contributed by atoms with van der Waals surface area (Å²) in [6, 6.07) is 71.0. The van der Waals surface area contributed by atoms with Gasteiger partial charge in [-0.15, -0.1) is 0 Å². The van der Waals surface area contributed by atoms with Crippen LogP contribution in [0.25, 0.3) is 82.7 Å². The second kappa shape index (κ2) is 12.6. The van der Waals surface area contributed by atoms with Gasteiger partial charge in [0.05, 0.1) is 16.7 Å². The number of nitrogens with zero attached hydrogens (tertiary/aromatic N) is 3. The number of anilines is 3. The lowest BCUT2D eigenvalue weighted by molar-refractivity contribution is 0.623. The fourth-order valence-electron chi connectivity index (χ4n) is 8.36. The molecule has 2 heterocycles. The Morgan fingerprint density at radius 1 is 0.455 bits per heavy atom. The van der Waals surface area contributed by atoms with Crippen molar-refractivity contribution < 1.29 is 4.42 Å². The molecule has 0 aliphatic rings. The third-order valence-corrected chi connectivity index (χ3v) is 10.8. The first-order valence-electron chi connectivity index (χ1n) is 18.6. The zero-order chi connectivity index (χ0) is 36.3. The largest absolute Gasteiger partial charge is 0.435 e. The van der Waals surface area contributed by atoms with Gasteiger partial charge in [0.2, 0.25) is 5.89 Å². The molecule has 0 unspecified atom stereocenters. The van der Waals surface area contributed by atoms with Gasteiger partial charge in [-0.2, -0.15) is 0 Å². The van der Waals surface area contributed by atoms with Gasteiger partial charge in [0.15, 0.2) is 5.58 Å². The van der Waals surface area contributed by atoms with E-state index in [1.165, 1.54) is 16.3 Å². The van der Waals surface area contributed by atoms with Gasteiger partial charge in [0, 0.05) is 38.8 Å². The molecule has 0 spiro atoms. The van der Waals surface area contributed by atoms with Crippen LogP contribution in [0.4, 0.5) is 17.1 Å².